The zero-order valence-corrected chi connectivity index (χ0v) is 26.8. The number of allylic oxidation sites excluding steroid dienone is 1. The molecule has 3 N–H and O–H groups in total. The molecule has 4 rings (SSSR count). The van der Waals surface area contributed by atoms with Gasteiger partial charge in [-0.3, -0.25) is 20.3 Å². The molecule has 3 aromatic carbocycles. The Kier molecular flexibility index (Phi) is 11.3. The molecule has 0 fully saturated rings. The Balaban J connectivity index is 0.00000294. The summed E-state index contributed by atoms with van der Waals surface area (Å²) in [6, 6.07) is 13.3. The number of azo groups is 1. The van der Waals surface area contributed by atoms with Crippen LogP contribution in [0, 0.1) is 10.1 Å². The summed E-state index contributed by atoms with van der Waals surface area (Å²) in [4.78, 5) is 21.5. The molecule has 0 aromatic heterocycles. The molecule has 0 atom stereocenters. The maximum Gasteiger partial charge on any atom is 1.00 e. The molecule has 0 radical (unpaired) electrons. The van der Waals surface area contributed by atoms with E-state index in [-0.39, 0.29) is 70.5 Å². The number of nitrogens with one attached hydrogen (secondary N) is 1. The molecule has 0 aliphatic heterocycles. The molecule has 200 valence electrons. The zero-order valence-electron chi connectivity index (χ0n) is 21.2. The smallest absolute Gasteiger partial charge is 0.744 e. The predicted molar refractivity (Wildman–Crippen MR) is 136 cm³/mol. The number of hydrazone groups is 1. The maximum atomic E-state index is 13.4. The van der Waals surface area contributed by atoms with Gasteiger partial charge in [-0.15, -0.1) is 5.11 Å². The molecule has 0 saturated carbocycles. The van der Waals surface area contributed by atoms with E-state index in [9.17, 15) is 40.8 Å². The quantitative estimate of drug-likeness (QED) is 0.0678. The fourth-order valence-corrected chi connectivity index (χ4v) is 4.80. The number of fused-ring (bicyclic) bond motifs is 1. The first-order chi connectivity index (χ1) is 18.3. The van der Waals surface area contributed by atoms with Gasteiger partial charge in [-0.25, -0.2) is 16.8 Å². The van der Waals surface area contributed by atoms with Gasteiger partial charge in [0.15, 0.2) is 0 Å². The van der Waals surface area contributed by atoms with Gasteiger partial charge in [0.1, 0.15) is 31.6 Å². The first-order valence-electron chi connectivity index (χ1n) is 10.5. The van der Waals surface area contributed by atoms with E-state index in [4.69, 9.17) is 5.73 Å². The first kappa shape index (κ1) is 34.4. The Bertz CT molecular complexity index is 1850. The van der Waals surface area contributed by atoms with Gasteiger partial charge in [-0.05, 0) is 35.9 Å². The van der Waals surface area contributed by atoms with Crippen LogP contribution in [-0.2, 0) is 20.2 Å². The third-order valence-electron chi connectivity index (χ3n) is 5.21. The minimum Gasteiger partial charge on any atom is -0.744 e. The van der Waals surface area contributed by atoms with Crippen molar-refractivity contribution < 1.29 is 94.8 Å². The van der Waals surface area contributed by atoms with Crippen molar-refractivity contribution in [3.05, 3.63) is 86.8 Å². The van der Waals surface area contributed by atoms with E-state index in [2.05, 4.69) is 20.8 Å². The van der Waals surface area contributed by atoms with Crippen LogP contribution in [0.1, 0.15) is 15.9 Å². The zero-order chi connectivity index (χ0) is 28.5. The molecule has 0 unspecified atom stereocenters. The summed E-state index contributed by atoms with van der Waals surface area (Å²) >= 11 is 0. The van der Waals surface area contributed by atoms with Crippen molar-refractivity contribution in [3.63, 3.8) is 0 Å². The number of nitrogen functional groups attached to an aromatic ring is 1. The second kappa shape index (κ2) is 13.4. The van der Waals surface area contributed by atoms with Crippen LogP contribution in [0.3, 0.4) is 0 Å². The van der Waals surface area contributed by atoms with Gasteiger partial charge in [0, 0.05) is 12.1 Å². The van der Waals surface area contributed by atoms with Crippen LogP contribution in [0.5, 0.6) is 0 Å². The molecule has 3 aromatic rings. The third kappa shape index (κ3) is 7.72. The van der Waals surface area contributed by atoms with Crippen molar-refractivity contribution in [1.29, 1.82) is 0 Å². The molecular weight excluding hydrogens is 602 g/mol. The number of Topliss-reactive ketones (excluding diaryl/α,β-unsaturated/α-hetero) is 1. The van der Waals surface area contributed by atoms with Gasteiger partial charge in [0.25, 0.3) is 5.69 Å². The summed E-state index contributed by atoms with van der Waals surface area (Å²) in [5.41, 5.74) is 5.06. The number of anilines is 2. The van der Waals surface area contributed by atoms with Gasteiger partial charge in [0.2, 0.25) is 5.78 Å². The average Bonchev–Trinajstić information content (AvgIpc) is 2.86. The molecule has 1 aliphatic rings. The fraction of sp³-hybridized carbons (Fsp3) is 0. The van der Waals surface area contributed by atoms with E-state index in [0.717, 1.165) is 12.1 Å². The summed E-state index contributed by atoms with van der Waals surface area (Å²) in [5.74, 6) is -1.19. The number of benzene rings is 3. The van der Waals surface area contributed by atoms with E-state index in [0.29, 0.717) is 17.8 Å². The molecule has 41 heavy (non-hydrogen) atoms. The monoisotopic (exact) mass is 616 g/mol. The normalized spacial score (nSPS) is 14.0. The Hall–Kier alpha value is -2.84. The van der Waals surface area contributed by atoms with E-state index in [1.165, 1.54) is 24.3 Å². The number of nitro benzene ring substituents is 1. The Labute approximate surface area is 276 Å². The van der Waals surface area contributed by atoms with Crippen molar-refractivity contribution in [1.82, 2.24) is 0 Å². The summed E-state index contributed by atoms with van der Waals surface area (Å²) in [7, 11) is -10.7. The minimum atomic E-state index is -5.35. The Morgan fingerprint density at radius 2 is 1.54 bits per heavy atom. The molecule has 0 bridgehead atoms. The number of para-hydroxylation sites is 1. The number of carbonyl (C=O) groups excluding carboxylic acids is 1. The van der Waals surface area contributed by atoms with Crippen molar-refractivity contribution in [2.24, 2.45) is 15.3 Å². The number of hydrogen-bond donors (Lipinski definition) is 2. The molecule has 15 nitrogen and oxygen atoms in total. The largest absolute Gasteiger partial charge is 1.00 e. The third-order valence-corrected chi connectivity index (χ3v) is 6.91. The van der Waals surface area contributed by atoms with Crippen molar-refractivity contribution >= 4 is 66.2 Å². The average molecular weight is 617 g/mol. The molecule has 0 saturated heterocycles. The summed E-state index contributed by atoms with van der Waals surface area (Å²) in [5, 5.41) is 22.1. The number of nitrogens with zero attached hydrogens (tertiary/aromatic N) is 4. The number of ketones is 1. The number of carbonyl (C=O) groups is 1. The molecule has 0 spiro atoms. The SMILES string of the molecule is Nc1c(N=Nc2cccc([N+](=O)[O-])c2)c(S(=O)(=O)[O-])cc2c1C(=O)/C(=N\Nc1ccccc1)C(S(=O)(=O)[O-])=C2.[Na+].[Na+]. The molecule has 19 heteroatoms. The van der Waals surface area contributed by atoms with Crippen LogP contribution in [0.25, 0.3) is 6.08 Å². The standard InChI is InChI=1S/C22H16N6O9S2.2Na/c23-19-18-12(10-17(39(35,36)37)21(22(18)29)27-24-13-5-2-1-3-6-13)9-16(38(32,33)34)20(19)26-25-14-7-4-8-15(11-14)28(30)31;;/h1-11,24H,23H2,(H,32,33,34)(H,35,36,37);;/q;2*+1/p-2/b26-25?,27-21-;;. The number of hydrogen-bond acceptors (Lipinski definition) is 14. The van der Waals surface area contributed by atoms with Crippen LogP contribution in [-0.4, -0.2) is 42.4 Å². The van der Waals surface area contributed by atoms with Crippen LogP contribution in [0.2, 0.25) is 0 Å². The van der Waals surface area contributed by atoms with Crippen LogP contribution in [0.15, 0.2) is 85.8 Å². The van der Waals surface area contributed by atoms with Gasteiger partial charge in [0.05, 0.1) is 37.3 Å². The van der Waals surface area contributed by atoms with Gasteiger partial charge >= 0.3 is 59.1 Å². The summed E-state index contributed by atoms with van der Waals surface area (Å²) in [6.45, 7) is 0. The topological polar surface area (TPSA) is 250 Å². The van der Waals surface area contributed by atoms with Crippen LogP contribution in [0.4, 0.5) is 28.4 Å². The summed E-state index contributed by atoms with van der Waals surface area (Å²) < 4.78 is 71.9. The predicted octanol–water partition coefficient (Wildman–Crippen LogP) is -2.94. The molecule has 1 aliphatic carbocycles. The second-order valence-electron chi connectivity index (χ2n) is 7.76. The van der Waals surface area contributed by atoms with Gasteiger partial charge < -0.3 is 14.8 Å². The second-order valence-corrected chi connectivity index (χ2v) is 10.5. The molecule has 0 amide bonds. The van der Waals surface area contributed by atoms with Crippen molar-refractivity contribution in [2.45, 2.75) is 4.90 Å². The molecular formula is C22H14N6Na2O9S2. The Morgan fingerprint density at radius 3 is 2.12 bits per heavy atom. The number of non-ortho nitro benzene ring substituents is 1. The van der Waals surface area contributed by atoms with E-state index in [1.807, 2.05) is 0 Å². The van der Waals surface area contributed by atoms with Crippen LogP contribution >= 0.6 is 0 Å². The van der Waals surface area contributed by atoms with E-state index >= 15 is 0 Å². The number of nitrogens with two attached hydrogens (primary N) is 1. The fourth-order valence-electron chi connectivity index (χ4n) is 3.50. The van der Waals surface area contributed by atoms with Crippen molar-refractivity contribution in [3.8, 4) is 0 Å². The molecule has 0 heterocycles. The van der Waals surface area contributed by atoms with Gasteiger partial charge in [-0.1, -0.05) is 24.3 Å². The van der Waals surface area contributed by atoms with Gasteiger partial charge in [-0.2, -0.15) is 10.2 Å². The van der Waals surface area contributed by atoms with E-state index in [1.54, 1.807) is 18.2 Å². The maximum absolute atomic E-state index is 13.4. The number of rotatable bonds is 7. The number of nitro groups is 1. The minimum absolute atomic E-state index is 0. The Morgan fingerprint density at radius 1 is 0.878 bits per heavy atom. The summed E-state index contributed by atoms with van der Waals surface area (Å²) in [6.07, 6.45) is 0.664. The van der Waals surface area contributed by atoms with E-state index < -0.39 is 69.0 Å². The van der Waals surface area contributed by atoms with Crippen molar-refractivity contribution in [2.75, 3.05) is 11.2 Å². The first-order valence-corrected chi connectivity index (χ1v) is 13.3. The van der Waals surface area contributed by atoms with Crippen LogP contribution < -0.4 is 70.3 Å².